The summed E-state index contributed by atoms with van der Waals surface area (Å²) in [6.45, 7) is 3.54. The summed E-state index contributed by atoms with van der Waals surface area (Å²) < 4.78 is 33.2. The van der Waals surface area contributed by atoms with Gasteiger partial charge in [-0.05, 0) is 63.2 Å². The van der Waals surface area contributed by atoms with Crippen LogP contribution in [0.15, 0.2) is 55.0 Å². The third-order valence-corrected chi connectivity index (χ3v) is 6.14. The van der Waals surface area contributed by atoms with Crippen molar-refractivity contribution >= 4 is 16.7 Å². The lowest BCUT2D eigenvalue weighted by molar-refractivity contribution is 0.0696. The van der Waals surface area contributed by atoms with Crippen LogP contribution in [0, 0.1) is 17.7 Å². The van der Waals surface area contributed by atoms with Crippen molar-refractivity contribution in [1.29, 1.82) is 10.8 Å². The standard InChI is InChI=1S/C24H24F2N8/c1-15-2-5-22(27)34(32-15)23(28)24(25,26)19-3-4-21-16(11-19)10-17(12-30-21)18-13-31-33(14-18)20-6-8-29-9-7-20/h2-5,10-14,20,27-29H,6-9H2,1H3. The highest BCUT2D eigenvalue weighted by Crippen LogP contribution is 2.32. The highest BCUT2D eigenvalue weighted by atomic mass is 19.3. The van der Waals surface area contributed by atoms with Gasteiger partial charge in [0.1, 0.15) is 5.49 Å². The smallest absolute Gasteiger partial charge is 0.317 e. The molecule has 1 aromatic carbocycles. The highest BCUT2D eigenvalue weighted by Gasteiger charge is 2.39. The van der Waals surface area contributed by atoms with Crippen molar-refractivity contribution in [1.82, 2.24) is 29.9 Å². The topological polar surface area (TPSA) is 108 Å². The van der Waals surface area contributed by atoms with E-state index < -0.39 is 11.8 Å². The highest BCUT2D eigenvalue weighted by molar-refractivity contribution is 5.91. The Morgan fingerprint density at radius 3 is 2.68 bits per heavy atom. The largest absolute Gasteiger partial charge is 0.331 e. The van der Waals surface area contributed by atoms with Gasteiger partial charge in [-0.25, -0.2) is 0 Å². The predicted molar refractivity (Wildman–Crippen MR) is 124 cm³/mol. The normalized spacial score (nSPS) is 15.0. The molecule has 0 amide bonds. The summed E-state index contributed by atoms with van der Waals surface area (Å²) in [6, 6.07) is 9.16. The number of benzene rings is 1. The van der Waals surface area contributed by atoms with Crippen LogP contribution in [0.4, 0.5) is 8.78 Å². The molecular formula is C24H24F2N8. The molecule has 1 aliphatic rings. The van der Waals surface area contributed by atoms with Gasteiger partial charge in [0.05, 0.1) is 23.4 Å². The Bertz CT molecular complexity index is 1430. The molecule has 0 saturated carbocycles. The molecule has 0 bridgehead atoms. The van der Waals surface area contributed by atoms with E-state index in [9.17, 15) is 0 Å². The Labute approximate surface area is 194 Å². The predicted octanol–water partition coefficient (Wildman–Crippen LogP) is 3.62. The summed E-state index contributed by atoms with van der Waals surface area (Å²) in [5.41, 5.74) is 2.02. The van der Waals surface area contributed by atoms with E-state index in [1.165, 1.54) is 24.3 Å². The second kappa shape index (κ2) is 8.53. The van der Waals surface area contributed by atoms with Crippen molar-refractivity contribution in [3.05, 3.63) is 71.7 Å². The summed E-state index contributed by atoms with van der Waals surface area (Å²) in [5, 5.41) is 28.3. The molecule has 3 N–H and O–H groups in total. The van der Waals surface area contributed by atoms with Gasteiger partial charge < -0.3 is 5.32 Å². The van der Waals surface area contributed by atoms with Crippen molar-refractivity contribution in [3.8, 4) is 11.1 Å². The fourth-order valence-electron chi connectivity index (χ4n) is 4.20. The van der Waals surface area contributed by atoms with Gasteiger partial charge in [-0.15, -0.1) is 0 Å². The van der Waals surface area contributed by atoms with Crippen molar-refractivity contribution in [2.24, 2.45) is 0 Å². The molecule has 3 aromatic heterocycles. The molecule has 0 unspecified atom stereocenters. The van der Waals surface area contributed by atoms with E-state index in [1.54, 1.807) is 25.4 Å². The number of aromatic nitrogens is 5. The molecule has 1 fully saturated rings. The van der Waals surface area contributed by atoms with Gasteiger partial charge in [0.25, 0.3) is 0 Å². The average Bonchev–Trinajstić information content (AvgIpc) is 3.35. The van der Waals surface area contributed by atoms with Gasteiger partial charge in [0, 0.05) is 34.5 Å². The molecule has 0 spiro atoms. The average molecular weight is 463 g/mol. The zero-order valence-electron chi connectivity index (χ0n) is 18.6. The first-order valence-corrected chi connectivity index (χ1v) is 11.1. The second-order valence-corrected chi connectivity index (χ2v) is 8.52. The maximum atomic E-state index is 15.3. The van der Waals surface area contributed by atoms with Gasteiger partial charge in [-0.1, -0.05) is 6.07 Å². The van der Waals surface area contributed by atoms with Crippen LogP contribution in [0.1, 0.15) is 30.1 Å². The number of hydrogen-bond donors (Lipinski definition) is 3. The summed E-state index contributed by atoms with van der Waals surface area (Å²) >= 11 is 0. The van der Waals surface area contributed by atoms with E-state index in [0.29, 0.717) is 27.3 Å². The van der Waals surface area contributed by atoms with Crippen molar-refractivity contribution in [2.45, 2.75) is 31.7 Å². The zero-order valence-corrected chi connectivity index (χ0v) is 18.6. The quantitative estimate of drug-likeness (QED) is 0.318. The maximum absolute atomic E-state index is 15.3. The second-order valence-electron chi connectivity index (χ2n) is 8.52. The summed E-state index contributed by atoms with van der Waals surface area (Å²) in [7, 11) is 0. The van der Waals surface area contributed by atoms with Gasteiger partial charge in [-0.2, -0.15) is 23.7 Å². The number of nitrogens with zero attached hydrogens (tertiary/aromatic N) is 5. The summed E-state index contributed by atoms with van der Waals surface area (Å²) in [6.07, 6.45) is 7.48. The van der Waals surface area contributed by atoms with E-state index in [2.05, 4.69) is 20.5 Å². The number of rotatable bonds is 4. The SMILES string of the molecule is Cc1ccc(=N)n(C(=N)C(F)(F)c2ccc3ncc(-c4cnn(C5CCNCC5)c4)cc3c2)n1. The Kier molecular flexibility index (Phi) is 5.52. The number of pyridine rings is 1. The monoisotopic (exact) mass is 462 g/mol. The molecule has 8 nitrogen and oxygen atoms in total. The Morgan fingerprint density at radius 1 is 1.09 bits per heavy atom. The van der Waals surface area contributed by atoms with Crippen LogP contribution in [-0.2, 0) is 5.92 Å². The van der Waals surface area contributed by atoms with E-state index in [0.717, 1.165) is 37.1 Å². The van der Waals surface area contributed by atoms with E-state index in [1.807, 2.05) is 16.9 Å². The molecule has 0 radical (unpaired) electrons. The van der Waals surface area contributed by atoms with Gasteiger partial charge in [0.2, 0.25) is 0 Å². The number of nitrogens with one attached hydrogen (secondary N) is 3. The molecule has 174 valence electrons. The van der Waals surface area contributed by atoms with Crippen LogP contribution in [-0.4, -0.2) is 43.5 Å². The minimum Gasteiger partial charge on any atom is -0.317 e. The summed E-state index contributed by atoms with van der Waals surface area (Å²) in [4.78, 5) is 4.44. The van der Waals surface area contributed by atoms with Crippen molar-refractivity contribution in [3.63, 3.8) is 0 Å². The Balaban J connectivity index is 1.48. The van der Waals surface area contributed by atoms with Crippen LogP contribution in [0.3, 0.4) is 0 Å². The van der Waals surface area contributed by atoms with Gasteiger partial charge in [0.15, 0.2) is 5.84 Å². The Hall–Kier alpha value is -3.79. The molecule has 10 heteroatoms. The molecular weight excluding hydrogens is 438 g/mol. The van der Waals surface area contributed by atoms with Crippen LogP contribution >= 0.6 is 0 Å². The number of halogens is 2. The number of fused-ring (bicyclic) bond motifs is 1. The van der Waals surface area contributed by atoms with Crippen molar-refractivity contribution in [2.75, 3.05) is 13.1 Å². The molecule has 4 aromatic rings. The van der Waals surface area contributed by atoms with Crippen LogP contribution in [0.5, 0.6) is 0 Å². The number of aryl methyl sites for hydroxylation is 1. The fraction of sp³-hybridized carbons (Fsp3) is 0.292. The first-order chi connectivity index (χ1) is 16.3. The first kappa shape index (κ1) is 22.0. The van der Waals surface area contributed by atoms with Crippen molar-refractivity contribution < 1.29 is 8.78 Å². The zero-order chi connectivity index (χ0) is 23.9. The van der Waals surface area contributed by atoms with Crippen LogP contribution < -0.4 is 10.8 Å². The molecule has 34 heavy (non-hydrogen) atoms. The molecule has 1 saturated heterocycles. The lowest BCUT2D eigenvalue weighted by Crippen LogP contribution is -2.39. The minimum atomic E-state index is -3.65. The third kappa shape index (κ3) is 4.01. The summed E-state index contributed by atoms with van der Waals surface area (Å²) in [5.74, 6) is -4.72. The van der Waals surface area contributed by atoms with E-state index in [4.69, 9.17) is 10.8 Å². The lowest BCUT2D eigenvalue weighted by Gasteiger charge is -2.22. The van der Waals surface area contributed by atoms with Crippen LogP contribution in [0.2, 0.25) is 0 Å². The maximum Gasteiger partial charge on any atom is 0.331 e. The van der Waals surface area contributed by atoms with E-state index in [-0.39, 0.29) is 11.1 Å². The number of alkyl halides is 2. The van der Waals surface area contributed by atoms with Crippen LogP contribution in [0.25, 0.3) is 22.0 Å². The molecule has 5 rings (SSSR count). The minimum absolute atomic E-state index is 0.286. The van der Waals surface area contributed by atoms with E-state index >= 15 is 8.78 Å². The molecule has 0 aliphatic carbocycles. The third-order valence-electron chi connectivity index (χ3n) is 6.14. The lowest BCUT2D eigenvalue weighted by atomic mass is 10.0. The molecule has 0 atom stereocenters. The van der Waals surface area contributed by atoms with Gasteiger partial charge >= 0.3 is 5.92 Å². The fourth-order valence-corrected chi connectivity index (χ4v) is 4.20. The molecule has 1 aliphatic heterocycles. The number of hydrogen-bond acceptors (Lipinski definition) is 6. The Morgan fingerprint density at radius 2 is 1.88 bits per heavy atom. The number of piperidine rings is 1. The molecule has 4 heterocycles. The first-order valence-electron chi connectivity index (χ1n) is 11.1. The van der Waals surface area contributed by atoms with Gasteiger partial charge in [-0.3, -0.25) is 20.5 Å².